The van der Waals surface area contributed by atoms with Crippen molar-refractivity contribution in [2.45, 2.75) is 39.0 Å². The van der Waals surface area contributed by atoms with E-state index in [1.807, 2.05) is 6.07 Å². The van der Waals surface area contributed by atoms with Gasteiger partial charge in [0.25, 0.3) is 0 Å². The van der Waals surface area contributed by atoms with Gasteiger partial charge in [0.1, 0.15) is 5.75 Å². The highest BCUT2D eigenvalue weighted by Gasteiger charge is 2.15. The van der Waals surface area contributed by atoms with Crippen LogP contribution in [0.1, 0.15) is 39.2 Å². The molecule has 0 bridgehead atoms. The van der Waals surface area contributed by atoms with Gasteiger partial charge < -0.3 is 15.8 Å². The number of nitrogens with two attached hydrogens (primary N) is 1. The zero-order valence-electron chi connectivity index (χ0n) is 12.0. The monoisotopic (exact) mass is 250 g/mol. The molecule has 3 nitrogen and oxygen atoms in total. The Balaban J connectivity index is 2.79. The van der Waals surface area contributed by atoms with Crippen molar-refractivity contribution in [1.82, 2.24) is 0 Å². The van der Waals surface area contributed by atoms with Gasteiger partial charge in [-0.25, -0.2) is 0 Å². The Kier molecular flexibility index (Phi) is 5.48. The van der Waals surface area contributed by atoms with Crippen LogP contribution < -0.4 is 15.8 Å². The Labute approximate surface area is 111 Å². The van der Waals surface area contributed by atoms with Gasteiger partial charge in [-0.05, 0) is 42.5 Å². The third-order valence-corrected chi connectivity index (χ3v) is 3.01. The molecule has 102 valence electrons. The van der Waals surface area contributed by atoms with Crippen LogP contribution in [0.4, 0.5) is 5.69 Å². The fourth-order valence-electron chi connectivity index (χ4n) is 1.81. The molecule has 0 saturated carbocycles. The highest BCUT2D eigenvalue weighted by atomic mass is 16.5. The number of ether oxygens (including phenoxy) is 1. The molecule has 1 aromatic carbocycles. The van der Waals surface area contributed by atoms with E-state index in [1.165, 1.54) is 5.56 Å². The lowest BCUT2D eigenvalue weighted by Gasteiger charge is -2.21. The van der Waals surface area contributed by atoms with Gasteiger partial charge in [-0.2, -0.15) is 0 Å². The van der Waals surface area contributed by atoms with Gasteiger partial charge in [-0.1, -0.05) is 26.8 Å². The van der Waals surface area contributed by atoms with Gasteiger partial charge >= 0.3 is 0 Å². The van der Waals surface area contributed by atoms with Crippen molar-refractivity contribution in [2.75, 3.05) is 25.5 Å². The maximum absolute atomic E-state index is 5.49. The van der Waals surface area contributed by atoms with E-state index in [-0.39, 0.29) is 5.41 Å². The number of anilines is 1. The first-order valence-electron chi connectivity index (χ1n) is 6.61. The molecule has 0 fully saturated rings. The average molecular weight is 250 g/mol. The van der Waals surface area contributed by atoms with Crippen LogP contribution in [0.2, 0.25) is 0 Å². The Morgan fingerprint density at radius 1 is 1.22 bits per heavy atom. The zero-order chi connectivity index (χ0) is 13.6. The van der Waals surface area contributed by atoms with Crippen LogP contribution in [-0.2, 0) is 5.41 Å². The Bertz CT molecular complexity index is 369. The summed E-state index contributed by atoms with van der Waals surface area (Å²) in [5, 5.41) is 3.43. The van der Waals surface area contributed by atoms with Crippen LogP contribution in [0.25, 0.3) is 0 Å². The number of benzene rings is 1. The predicted octanol–water partition coefficient (Wildman–Crippen LogP) is 3.14. The molecule has 0 amide bonds. The molecule has 0 aliphatic heterocycles. The Hall–Kier alpha value is -1.22. The minimum Gasteiger partial charge on any atom is -0.495 e. The first kappa shape index (κ1) is 14.8. The summed E-state index contributed by atoms with van der Waals surface area (Å²) in [6.07, 6.45) is 2.13. The third-order valence-electron chi connectivity index (χ3n) is 3.01. The molecular formula is C15H26N2O. The molecule has 0 atom stereocenters. The van der Waals surface area contributed by atoms with Gasteiger partial charge in [0.15, 0.2) is 0 Å². The maximum Gasteiger partial charge on any atom is 0.141 e. The standard InChI is InChI=1S/C15H26N2O/c1-15(2,3)12-7-8-14(18-4)13(11-12)17-10-6-5-9-16/h7-8,11,17H,5-6,9-10,16H2,1-4H3. The summed E-state index contributed by atoms with van der Waals surface area (Å²) in [7, 11) is 1.71. The van der Waals surface area contributed by atoms with Crippen molar-refractivity contribution >= 4 is 5.69 Å². The molecule has 0 heterocycles. The molecule has 0 radical (unpaired) electrons. The van der Waals surface area contributed by atoms with Crippen molar-refractivity contribution < 1.29 is 4.74 Å². The normalized spacial score (nSPS) is 11.4. The summed E-state index contributed by atoms with van der Waals surface area (Å²) in [5.41, 5.74) is 8.03. The number of rotatable bonds is 6. The fourth-order valence-corrected chi connectivity index (χ4v) is 1.81. The van der Waals surface area contributed by atoms with E-state index >= 15 is 0 Å². The van der Waals surface area contributed by atoms with E-state index in [1.54, 1.807) is 7.11 Å². The quantitative estimate of drug-likeness (QED) is 0.762. The fraction of sp³-hybridized carbons (Fsp3) is 0.600. The van der Waals surface area contributed by atoms with E-state index in [0.29, 0.717) is 0 Å². The summed E-state index contributed by atoms with van der Waals surface area (Å²) >= 11 is 0. The van der Waals surface area contributed by atoms with Crippen molar-refractivity contribution in [1.29, 1.82) is 0 Å². The minimum absolute atomic E-state index is 0.153. The van der Waals surface area contributed by atoms with Crippen molar-refractivity contribution in [3.63, 3.8) is 0 Å². The summed E-state index contributed by atoms with van der Waals surface area (Å²) < 4.78 is 5.38. The van der Waals surface area contributed by atoms with E-state index in [4.69, 9.17) is 10.5 Å². The Morgan fingerprint density at radius 2 is 1.94 bits per heavy atom. The maximum atomic E-state index is 5.49. The Morgan fingerprint density at radius 3 is 2.50 bits per heavy atom. The van der Waals surface area contributed by atoms with E-state index < -0.39 is 0 Å². The van der Waals surface area contributed by atoms with Crippen LogP contribution in [0, 0.1) is 0 Å². The van der Waals surface area contributed by atoms with Gasteiger partial charge in [0, 0.05) is 6.54 Å². The molecule has 0 unspecified atom stereocenters. The number of methoxy groups -OCH3 is 1. The first-order valence-corrected chi connectivity index (χ1v) is 6.61. The summed E-state index contributed by atoms with van der Waals surface area (Å²) in [4.78, 5) is 0. The molecule has 0 aliphatic rings. The lowest BCUT2D eigenvalue weighted by Crippen LogP contribution is -2.12. The molecule has 0 aromatic heterocycles. The van der Waals surface area contributed by atoms with Crippen molar-refractivity contribution in [3.05, 3.63) is 23.8 Å². The van der Waals surface area contributed by atoms with Crippen LogP contribution in [0.15, 0.2) is 18.2 Å². The second-order valence-corrected chi connectivity index (χ2v) is 5.59. The van der Waals surface area contributed by atoms with Crippen LogP contribution in [0.3, 0.4) is 0 Å². The number of nitrogens with one attached hydrogen (secondary N) is 1. The molecule has 1 aromatic rings. The van der Waals surface area contributed by atoms with E-state index in [2.05, 4.69) is 38.2 Å². The minimum atomic E-state index is 0.153. The number of hydrogen-bond acceptors (Lipinski definition) is 3. The van der Waals surface area contributed by atoms with Gasteiger partial charge in [0.05, 0.1) is 12.8 Å². The van der Waals surface area contributed by atoms with Gasteiger partial charge in [0.2, 0.25) is 0 Å². The topological polar surface area (TPSA) is 47.3 Å². The van der Waals surface area contributed by atoms with E-state index in [9.17, 15) is 0 Å². The lowest BCUT2D eigenvalue weighted by atomic mass is 9.87. The van der Waals surface area contributed by atoms with Gasteiger partial charge in [-0.3, -0.25) is 0 Å². The highest BCUT2D eigenvalue weighted by molar-refractivity contribution is 5.59. The smallest absolute Gasteiger partial charge is 0.141 e. The summed E-state index contributed by atoms with van der Waals surface area (Å²) in [6.45, 7) is 8.33. The van der Waals surface area contributed by atoms with Crippen LogP contribution in [0.5, 0.6) is 5.75 Å². The lowest BCUT2D eigenvalue weighted by molar-refractivity contribution is 0.416. The third kappa shape index (κ3) is 4.22. The van der Waals surface area contributed by atoms with Crippen LogP contribution >= 0.6 is 0 Å². The molecule has 18 heavy (non-hydrogen) atoms. The number of unbranched alkanes of at least 4 members (excludes halogenated alkanes) is 1. The molecule has 0 aliphatic carbocycles. The zero-order valence-corrected chi connectivity index (χ0v) is 12.0. The van der Waals surface area contributed by atoms with Crippen LogP contribution in [-0.4, -0.2) is 20.2 Å². The molecule has 3 heteroatoms. The van der Waals surface area contributed by atoms with Gasteiger partial charge in [-0.15, -0.1) is 0 Å². The molecule has 1 rings (SSSR count). The first-order chi connectivity index (χ1) is 8.49. The van der Waals surface area contributed by atoms with Crippen molar-refractivity contribution in [2.24, 2.45) is 5.73 Å². The highest BCUT2D eigenvalue weighted by Crippen LogP contribution is 2.31. The second kappa shape index (κ2) is 6.64. The molecular weight excluding hydrogens is 224 g/mol. The SMILES string of the molecule is COc1ccc(C(C)(C)C)cc1NCCCCN. The molecule has 0 saturated heterocycles. The molecule has 0 spiro atoms. The van der Waals surface area contributed by atoms with E-state index in [0.717, 1.165) is 37.4 Å². The average Bonchev–Trinajstić information content (AvgIpc) is 2.33. The largest absolute Gasteiger partial charge is 0.495 e. The second-order valence-electron chi connectivity index (χ2n) is 5.59. The summed E-state index contributed by atoms with van der Waals surface area (Å²) in [6, 6.07) is 6.34. The predicted molar refractivity (Wildman–Crippen MR) is 78.5 cm³/mol. The number of hydrogen-bond donors (Lipinski definition) is 2. The molecule has 3 N–H and O–H groups in total. The summed E-state index contributed by atoms with van der Waals surface area (Å²) in [5.74, 6) is 0.899. The van der Waals surface area contributed by atoms with Crippen molar-refractivity contribution in [3.8, 4) is 5.75 Å².